The van der Waals surface area contributed by atoms with Gasteiger partial charge in [-0.2, -0.15) is 0 Å². The Labute approximate surface area is 85.3 Å². The molecule has 0 aliphatic carbocycles. The highest BCUT2D eigenvalue weighted by Crippen LogP contribution is 1.95. The van der Waals surface area contributed by atoms with E-state index in [2.05, 4.69) is 12.7 Å². The first-order chi connectivity index (χ1) is 6.45. The predicted molar refractivity (Wildman–Crippen MR) is 57.3 cm³/mol. The molecule has 0 aliphatic heterocycles. The van der Waals surface area contributed by atoms with Crippen LogP contribution in [0.4, 0.5) is 0 Å². The monoisotopic (exact) mass is 200 g/mol. The van der Waals surface area contributed by atoms with Crippen LogP contribution < -0.4 is 11.5 Å². The minimum atomic E-state index is -0.316. The highest BCUT2D eigenvalue weighted by atomic mass is 16.1. The van der Waals surface area contributed by atoms with Crippen LogP contribution in [0.1, 0.15) is 40.0 Å². The normalized spacial score (nSPS) is 10.1. The molecule has 4 nitrogen and oxygen atoms in total. The number of allylic oxidation sites excluding steroid dienone is 1. The van der Waals surface area contributed by atoms with E-state index in [-0.39, 0.29) is 11.8 Å². The molecule has 4 N–H and O–H groups in total. The number of hydrogen-bond acceptors (Lipinski definition) is 2. The Morgan fingerprint density at radius 2 is 1.64 bits per heavy atom. The van der Waals surface area contributed by atoms with Gasteiger partial charge in [0.25, 0.3) is 0 Å². The van der Waals surface area contributed by atoms with Crippen LogP contribution in [0.2, 0.25) is 0 Å². The summed E-state index contributed by atoms with van der Waals surface area (Å²) in [5.41, 5.74) is 10.3. The molecule has 4 heteroatoms. The number of primary amides is 2. The van der Waals surface area contributed by atoms with Crippen molar-refractivity contribution in [3.63, 3.8) is 0 Å². The zero-order valence-corrected chi connectivity index (χ0v) is 9.17. The van der Waals surface area contributed by atoms with Gasteiger partial charge >= 0.3 is 0 Å². The van der Waals surface area contributed by atoms with E-state index in [0.29, 0.717) is 12.0 Å². The summed E-state index contributed by atoms with van der Waals surface area (Å²) >= 11 is 0. The van der Waals surface area contributed by atoms with E-state index >= 15 is 0 Å². The molecule has 82 valence electrons. The molecule has 0 aliphatic rings. The standard InChI is InChI=1S/C7H13NO.C3H7NO/c1-3-4-5-6(2)7(8)9;1-2-3(4)5/h5H,3-4H2,1-2H3,(H2,8,9);2H2,1H3,(H2,4,5). The highest BCUT2D eigenvalue weighted by molar-refractivity contribution is 5.91. The molecule has 2 amide bonds. The average molecular weight is 200 g/mol. The van der Waals surface area contributed by atoms with Crippen LogP contribution >= 0.6 is 0 Å². The number of rotatable bonds is 4. The lowest BCUT2D eigenvalue weighted by Gasteiger charge is -1.90. The predicted octanol–water partition coefficient (Wildman–Crippen LogP) is 1.10. The zero-order valence-electron chi connectivity index (χ0n) is 9.17. The van der Waals surface area contributed by atoms with Crippen molar-refractivity contribution in [1.82, 2.24) is 0 Å². The minimum absolute atomic E-state index is 0.245. The lowest BCUT2D eigenvalue weighted by Crippen LogP contribution is -2.11. The largest absolute Gasteiger partial charge is 0.370 e. The van der Waals surface area contributed by atoms with Crippen LogP contribution in [0, 0.1) is 0 Å². The molecule has 0 saturated carbocycles. The zero-order chi connectivity index (χ0) is 11.6. The summed E-state index contributed by atoms with van der Waals surface area (Å²) in [5, 5.41) is 0. The number of amides is 2. The molecule has 0 aromatic carbocycles. The third-order valence-corrected chi connectivity index (χ3v) is 1.48. The number of unbranched alkanes of at least 4 members (excludes halogenated alkanes) is 1. The number of hydrogen-bond donors (Lipinski definition) is 2. The number of nitrogens with two attached hydrogens (primary N) is 2. The van der Waals surface area contributed by atoms with Gasteiger partial charge in [0.05, 0.1) is 0 Å². The summed E-state index contributed by atoms with van der Waals surface area (Å²) < 4.78 is 0. The van der Waals surface area contributed by atoms with Gasteiger partial charge in [0.1, 0.15) is 0 Å². The molecule has 14 heavy (non-hydrogen) atoms. The maximum Gasteiger partial charge on any atom is 0.244 e. The molecule has 0 aromatic rings. The molecule has 0 bridgehead atoms. The van der Waals surface area contributed by atoms with Gasteiger partial charge < -0.3 is 11.5 Å². The minimum Gasteiger partial charge on any atom is -0.370 e. The summed E-state index contributed by atoms with van der Waals surface area (Å²) in [7, 11) is 0. The first-order valence-corrected chi connectivity index (χ1v) is 4.70. The van der Waals surface area contributed by atoms with Gasteiger partial charge in [0, 0.05) is 12.0 Å². The van der Waals surface area contributed by atoms with Gasteiger partial charge in [-0.15, -0.1) is 0 Å². The quantitative estimate of drug-likeness (QED) is 0.666. The molecule has 0 spiro atoms. The fourth-order valence-corrected chi connectivity index (χ4v) is 0.461. The van der Waals surface area contributed by atoms with Crippen molar-refractivity contribution < 1.29 is 9.59 Å². The van der Waals surface area contributed by atoms with Crippen LogP contribution in [0.3, 0.4) is 0 Å². The topological polar surface area (TPSA) is 86.2 Å². The van der Waals surface area contributed by atoms with E-state index in [1.54, 1.807) is 13.8 Å². The second-order valence-corrected chi connectivity index (χ2v) is 2.86. The van der Waals surface area contributed by atoms with Gasteiger partial charge in [-0.25, -0.2) is 0 Å². The summed E-state index contributed by atoms with van der Waals surface area (Å²) in [4.78, 5) is 19.9. The fourth-order valence-electron chi connectivity index (χ4n) is 0.461. The van der Waals surface area contributed by atoms with E-state index in [4.69, 9.17) is 5.73 Å². The molecule has 0 rings (SSSR count). The summed E-state index contributed by atoms with van der Waals surface area (Å²) in [6.07, 6.45) is 4.31. The fraction of sp³-hybridized carbons (Fsp3) is 0.600. The van der Waals surface area contributed by atoms with Crippen LogP contribution in [-0.4, -0.2) is 11.8 Å². The van der Waals surface area contributed by atoms with E-state index in [0.717, 1.165) is 12.8 Å². The smallest absolute Gasteiger partial charge is 0.244 e. The van der Waals surface area contributed by atoms with E-state index in [1.165, 1.54) is 0 Å². The average Bonchev–Trinajstić information content (AvgIpc) is 2.14. The second kappa shape index (κ2) is 9.77. The van der Waals surface area contributed by atoms with Gasteiger partial charge in [0.15, 0.2) is 0 Å². The Balaban J connectivity index is 0. The van der Waals surface area contributed by atoms with E-state index in [9.17, 15) is 9.59 Å². The summed E-state index contributed by atoms with van der Waals surface area (Å²) in [6.45, 7) is 5.52. The van der Waals surface area contributed by atoms with Gasteiger partial charge in [0.2, 0.25) is 11.8 Å². The highest BCUT2D eigenvalue weighted by Gasteiger charge is 1.93. The van der Waals surface area contributed by atoms with Crippen LogP contribution in [0.25, 0.3) is 0 Å². The summed E-state index contributed by atoms with van der Waals surface area (Å²) in [5.74, 6) is -0.562. The number of carbonyl (C=O) groups excluding carboxylic acids is 2. The van der Waals surface area contributed by atoms with Gasteiger partial charge in [-0.3, -0.25) is 9.59 Å². The lowest BCUT2D eigenvalue weighted by atomic mass is 10.2. The Morgan fingerprint density at radius 1 is 1.21 bits per heavy atom. The Hall–Kier alpha value is -1.32. The van der Waals surface area contributed by atoms with Crippen molar-refractivity contribution in [2.24, 2.45) is 11.5 Å². The summed E-state index contributed by atoms with van der Waals surface area (Å²) in [6, 6.07) is 0. The van der Waals surface area contributed by atoms with Crippen molar-refractivity contribution in [1.29, 1.82) is 0 Å². The molecule has 0 heterocycles. The van der Waals surface area contributed by atoms with E-state index in [1.807, 2.05) is 6.08 Å². The Morgan fingerprint density at radius 3 is 1.86 bits per heavy atom. The van der Waals surface area contributed by atoms with Crippen molar-refractivity contribution in [2.75, 3.05) is 0 Å². The molecule has 0 atom stereocenters. The molecule has 0 fully saturated rings. The molecule has 0 radical (unpaired) electrons. The third kappa shape index (κ3) is 13.3. The third-order valence-electron chi connectivity index (χ3n) is 1.48. The van der Waals surface area contributed by atoms with Crippen molar-refractivity contribution >= 4 is 11.8 Å². The van der Waals surface area contributed by atoms with Crippen LogP contribution in [0.15, 0.2) is 11.6 Å². The molecule has 0 saturated heterocycles. The Bertz CT molecular complexity index is 210. The van der Waals surface area contributed by atoms with Gasteiger partial charge in [-0.1, -0.05) is 26.3 Å². The van der Waals surface area contributed by atoms with Crippen LogP contribution in [-0.2, 0) is 9.59 Å². The van der Waals surface area contributed by atoms with Crippen LogP contribution in [0.5, 0.6) is 0 Å². The lowest BCUT2D eigenvalue weighted by molar-refractivity contribution is -0.117. The molecular weight excluding hydrogens is 180 g/mol. The Kier molecular flexibility index (Phi) is 10.6. The van der Waals surface area contributed by atoms with Crippen molar-refractivity contribution in [2.45, 2.75) is 40.0 Å². The second-order valence-electron chi connectivity index (χ2n) is 2.86. The van der Waals surface area contributed by atoms with E-state index < -0.39 is 0 Å². The molecule has 0 aromatic heterocycles. The maximum atomic E-state index is 10.4. The van der Waals surface area contributed by atoms with Crippen molar-refractivity contribution in [3.8, 4) is 0 Å². The number of carbonyl (C=O) groups is 2. The van der Waals surface area contributed by atoms with Crippen molar-refractivity contribution in [3.05, 3.63) is 11.6 Å². The molecular formula is C10H20N2O2. The van der Waals surface area contributed by atoms with Gasteiger partial charge in [-0.05, 0) is 13.3 Å². The maximum absolute atomic E-state index is 10.4. The first kappa shape index (κ1) is 15.2. The molecule has 0 unspecified atom stereocenters. The first-order valence-electron chi connectivity index (χ1n) is 4.70. The SMILES string of the molecule is CCC(N)=O.CCCC=C(C)C(N)=O.